The van der Waals surface area contributed by atoms with Crippen LogP contribution in [0.5, 0.6) is 0 Å². The Labute approximate surface area is 112 Å². The van der Waals surface area contributed by atoms with Crippen LogP contribution in [-0.4, -0.2) is 66.3 Å². The molecule has 0 bridgehead atoms. The zero-order valence-electron chi connectivity index (χ0n) is 12.4. The number of likely N-dealkylation sites (N-methyl/N-ethyl adjacent to an activating group) is 1. The first kappa shape index (κ1) is 15.9. The van der Waals surface area contributed by atoms with Crippen molar-refractivity contribution in [3.8, 4) is 0 Å². The van der Waals surface area contributed by atoms with Crippen LogP contribution in [0.3, 0.4) is 0 Å². The molecule has 1 aliphatic rings. The van der Waals surface area contributed by atoms with Crippen LogP contribution in [0, 0.1) is 0 Å². The monoisotopic (exact) mass is 257 g/mol. The molecule has 0 saturated carbocycles. The van der Waals surface area contributed by atoms with Gasteiger partial charge in [-0.2, -0.15) is 0 Å². The van der Waals surface area contributed by atoms with E-state index in [2.05, 4.69) is 30.7 Å². The minimum absolute atomic E-state index is 0.101. The highest BCUT2D eigenvalue weighted by Crippen LogP contribution is 2.16. The average molecular weight is 257 g/mol. The minimum atomic E-state index is -0.364. The molecule has 0 aliphatic carbocycles. The van der Waals surface area contributed by atoms with Crippen LogP contribution < -0.4 is 5.73 Å². The van der Waals surface area contributed by atoms with Crippen molar-refractivity contribution in [1.82, 2.24) is 9.80 Å². The fourth-order valence-corrected chi connectivity index (χ4v) is 2.68. The second-order valence-corrected chi connectivity index (χ2v) is 5.82. The van der Waals surface area contributed by atoms with Gasteiger partial charge >= 0.3 is 0 Å². The Morgan fingerprint density at radius 3 is 2.61 bits per heavy atom. The second-order valence-electron chi connectivity index (χ2n) is 5.82. The van der Waals surface area contributed by atoms with Gasteiger partial charge in [-0.15, -0.1) is 0 Å². The number of rotatable bonds is 7. The Bertz CT molecular complexity index is 231. The van der Waals surface area contributed by atoms with Crippen LogP contribution in [0.4, 0.5) is 0 Å². The van der Waals surface area contributed by atoms with Gasteiger partial charge in [-0.3, -0.25) is 0 Å². The van der Waals surface area contributed by atoms with Gasteiger partial charge in [0, 0.05) is 31.2 Å². The molecule has 4 nitrogen and oxygen atoms in total. The summed E-state index contributed by atoms with van der Waals surface area (Å²) in [6, 6.07) is 0.699. The molecular weight excluding hydrogens is 226 g/mol. The highest BCUT2D eigenvalue weighted by molar-refractivity contribution is 4.83. The molecule has 0 radical (unpaired) electrons. The summed E-state index contributed by atoms with van der Waals surface area (Å²) in [5, 5.41) is 9.29. The quantitative estimate of drug-likeness (QED) is 0.711. The lowest BCUT2D eigenvalue weighted by Crippen LogP contribution is -2.51. The fourth-order valence-electron chi connectivity index (χ4n) is 2.68. The third kappa shape index (κ3) is 4.50. The summed E-state index contributed by atoms with van der Waals surface area (Å²) in [7, 11) is 2.22. The summed E-state index contributed by atoms with van der Waals surface area (Å²) in [6.45, 7) is 9.04. The first-order valence-electron chi connectivity index (χ1n) is 7.37. The lowest BCUT2D eigenvalue weighted by Gasteiger charge is -2.39. The molecule has 2 unspecified atom stereocenters. The molecule has 108 valence electrons. The van der Waals surface area contributed by atoms with Gasteiger partial charge in [0.25, 0.3) is 0 Å². The van der Waals surface area contributed by atoms with E-state index in [-0.39, 0.29) is 12.1 Å². The Balaban J connectivity index is 2.27. The smallest absolute Gasteiger partial charge is 0.0611 e. The van der Waals surface area contributed by atoms with Crippen molar-refractivity contribution in [2.24, 2.45) is 5.73 Å². The summed E-state index contributed by atoms with van der Waals surface area (Å²) in [6.07, 6.45) is 4.08. The topological polar surface area (TPSA) is 52.7 Å². The maximum Gasteiger partial charge on any atom is 0.0611 e. The maximum absolute atomic E-state index is 9.29. The van der Waals surface area contributed by atoms with Gasteiger partial charge in [-0.1, -0.05) is 13.8 Å². The third-order valence-electron chi connectivity index (χ3n) is 4.50. The molecule has 18 heavy (non-hydrogen) atoms. The van der Waals surface area contributed by atoms with E-state index in [0.29, 0.717) is 6.04 Å². The van der Waals surface area contributed by atoms with Gasteiger partial charge in [0.15, 0.2) is 0 Å². The molecule has 3 N–H and O–H groups in total. The molecule has 1 aliphatic heterocycles. The predicted molar refractivity (Wildman–Crippen MR) is 76.7 cm³/mol. The lowest BCUT2D eigenvalue weighted by molar-refractivity contribution is 0.0883. The first-order valence-corrected chi connectivity index (χ1v) is 7.37. The molecule has 0 amide bonds. The number of aliphatic hydroxyl groups is 1. The third-order valence-corrected chi connectivity index (χ3v) is 4.50. The predicted octanol–water partition coefficient (Wildman–Crippen LogP) is 0.892. The molecule has 0 aromatic heterocycles. The van der Waals surface area contributed by atoms with E-state index in [9.17, 15) is 5.11 Å². The molecule has 0 spiro atoms. The van der Waals surface area contributed by atoms with E-state index in [1.165, 1.54) is 19.5 Å². The maximum atomic E-state index is 9.29. The summed E-state index contributed by atoms with van der Waals surface area (Å²) in [4.78, 5) is 5.01. The summed E-state index contributed by atoms with van der Waals surface area (Å²) >= 11 is 0. The number of nitrogens with two attached hydrogens (primary N) is 1. The van der Waals surface area contributed by atoms with Gasteiger partial charge in [0.1, 0.15) is 0 Å². The van der Waals surface area contributed by atoms with Crippen LogP contribution in [0.25, 0.3) is 0 Å². The molecule has 4 heteroatoms. The minimum Gasteiger partial charge on any atom is -0.394 e. The van der Waals surface area contributed by atoms with Crippen LogP contribution >= 0.6 is 0 Å². The van der Waals surface area contributed by atoms with Gasteiger partial charge < -0.3 is 20.6 Å². The molecular formula is C14H31N3O. The Morgan fingerprint density at radius 1 is 1.33 bits per heavy atom. The number of piperazine rings is 1. The lowest BCUT2D eigenvalue weighted by atomic mass is 9.92. The van der Waals surface area contributed by atoms with Crippen molar-refractivity contribution in [3.05, 3.63) is 0 Å². The Hall–Kier alpha value is -0.160. The summed E-state index contributed by atoms with van der Waals surface area (Å²) in [5.74, 6) is 0. The molecule has 0 aromatic rings. The average Bonchev–Trinajstić information content (AvgIpc) is 2.40. The number of hydrogen-bond acceptors (Lipinski definition) is 4. The van der Waals surface area contributed by atoms with Crippen LogP contribution in [0.1, 0.15) is 39.5 Å². The standard InChI is InChI=1S/C14H31N3O/c1-4-13-11-17(10-9-16(13)3)8-6-7-14(15,5-2)12-18/h13,18H,4-12,15H2,1-3H3. The number of nitrogens with zero attached hydrogens (tertiary/aromatic N) is 2. The van der Waals surface area contributed by atoms with E-state index in [4.69, 9.17) is 5.73 Å². The largest absolute Gasteiger partial charge is 0.394 e. The van der Waals surface area contributed by atoms with Gasteiger partial charge in [-0.05, 0) is 39.3 Å². The zero-order chi connectivity index (χ0) is 13.6. The van der Waals surface area contributed by atoms with Crippen LogP contribution in [-0.2, 0) is 0 Å². The van der Waals surface area contributed by atoms with E-state index >= 15 is 0 Å². The zero-order valence-corrected chi connectivity index (χ0v) is 12.4. The Morgan fingerprint density at radius 2 is 2.06 bits per heavy atom. The first-order chi connectivity index (χ1) is 8.54. The van der Waals surface area contributed by atoms with Crippen molar-refractivity contribution >= 4 is 0 Å². The van der Waals surface area contributed by atoms with Crippen LogP contribution in [0.15, 0.2) is 0 Å². The van der Waals surface area contributed by atoms with Crippen molar-refractivity contribution in [1.29, 1.82) is 0 Å². The van der Waals surface area contributed by atoms with E-state index < -0.39 is 0 Å². The molecule has 1 heterocycles. The molecule has 0 aromatic carbocycles. The summed E-state index contributed by atoms with van der Waals surface area (Å²) in [5.41, 5.74) is 5.75. The highest BCUT2D eigenvalue weighted by Gasteiger charge is 2.24. The van der Waals surface area contributed by atoms with Gasteiger partial charge in [-0.25, -0.2) is 0 Å². The Kier molecular flexibility index (Phi) is 6.57. The second kappa shape index (κ2) is 7.43. The SMILES string of the molecule is CCC1CN(CCCC(N)(CC)CO)CCN1C. The van der Waals surface area contributed by atoms with Gasteiger partial charge in [0.05, 0.1) is 6.61 Å². The van der Waals surface area contributed by atoms with E-state index in [0.717, 1.165) is 32.4 Å². The molecule has 2 atom stereocenters. The van der Waals surface area contributed by atoms with Crippen molar-refractivity contribution in [3.63, 3.8) is 0 Å². The van der Waals surface area contributed by atoms with E-state index in [1.54, 1.807) is 0 Å². The summed E-state index contributed by atoms with van der Waals surface area (Å²) < 4.78 is 0. The number of hydrogen-bond donors (Lipinski definition) is 2. The normalized spacial score (nSPS) is 26.2. The van der Waals surface area contributed by atoms with Crippen molar-refractivity contribution in [2.75, 3.05) is 39.8 Å². The highest BCUT2D eigenvalue weighted by atomic mass is 16.3. The van der Waals surface area contributed by atoms with Crippen molar-refractivity contribution in [2.45, 2.75) is 51.1 Å². The van der Waals surface area contributed by atoms with Crippen LogP contribution in [0.2, 0.25) is 0 Å². The molecule has 1 rings (SSSR count). The fraction of sp³-hybridized carbons (Fsp3) is 1.00. The van der Waals surface area contributed by atoms with Gasteiger partial charge in [0.2, 0.25) is 0 Å². The molecule has 1 fully saturated rings. The number of aliphatic hydroxyl groups excluding tert-OH is 1. The molecule has 1 saturated heterocycles. The van der Waals surface area contributed by atoms with Crippen molar-refractivity contribution < 1.29 is 5.11 Å². The van der Waals surface area contributed by atoms with E-state index in [1.807, 2.05) is 0 Å².